The Bertz CT molecular complexity index is 853. The molecule has 4 nitrogen and oxygen atoms in total. The van der Waals surface area contributed by atoms with E-state index in [1.165, 1.54) is 0 Å². The summed E-state index contributed by atoms with van der Waals surface area (Å²) in [7, 11) is 0. The van der Waals surface area contributed by atoms with Gasteiger partial charge in [-0.1, -0.05) is 86.0 Å². The molecule has 0 aliphatic heterocycles. The molecular weight excluding hydrogens is 352 g/mol. The first-order valence-electron chi connectivity index (χ1n) is 8.53. The molecule has 0 aromatic heterocycles. The van der Waals surface area contributed by atoms with Gasteiger partial charge in [-0.05, 0) is 35.4 Å². The van der Waals surface area contributed by atoms with E-state index in [4.69, 9.17) is 0 Å². The molecule has 0 N–H and O–H groups in total. The highest BCUT2D eigenvalue weighted by atomic mass is 17.2. The quantitative estimate of drug-likeness (QED) is 0.443. The topological polar surface area (TPSA) is 52.6 Å². The molecule has 0 fully saturated rings. The van der Waals surface area contributed by atoms with Crippen LogP contribution in [-0.4, -0.2) is 11.9 Å². The number of benzene rings is 3. The third kappa shape index (κ3) is 6.11. The molecular formula is C24H20O4. The molecule has 3 aromatic carbocycles. The Morgan fingerprint density at radius 2 is 0.893 bits per heavy atom. The van der Waals surface area contributed by atoms with Gasteiger partial charge in [-0.15, -0.1) is 0 Å². The van der Waals surface area contributed by atoms with Gasteiger partial charge in [-0.2, -0.15) is 0 Å². The molecule has 3 aromatic rings. The van der Waals surface area contributed by atoms with Crippen LogP contribution >= 0.6 is 0 Å². The van der Waals surface area contributed by atoms with Gasteiger partial charge in [-0.25, -0.2) is 19.4 Å². The van der Waals surface area contributed by atoms with Gasteiger partial charge in [0.2, 0.25) is 0 Å². The van der Waals surface area contributed by atoms with Crippen molar-refractivity contribution < 1.29 is 19.4 Å². The number of hydrogen-bond acceptors (Lipinski definition) is 4. The van der Waals surface area contributed by atoms with Gasteiger partial charge in [0.15, 0.2) is 0 Å². The van der Waals surface area contributed by atoms with Crippen LogP contribution in [0.1, 0.15) is 31.8 Å². The molecule has 0 spiro atoms. The average Bonchev–Trinajstić information content (AvgIpc) is 2.78. The standard InChI is InChI=1S/C14H10O4.C10H10/c15-13(11-7-3-1-4-8-11)17-18-14(16)12-9-5-2-6-10-12;1-3-9-7-5-6-8-10(9)4-2/h1-10H;3-8H,1-2H2. The maximum absolute atomic E-state index is 11.5. The molecule has 0 saturated carbocycles. The van der Waals surface area contributed by atoms with E-state index in [1.807, 2.05) is 36.4 Å². The predicted molar refractivity (Wildman–Crippen MR) is 110 cm³/mol. The summed E-state index contributed by atoms with van der Waals surface area (Å²) in [6.45, 7) is 7.38. The summed E-state index contributed by atoms with van der Waals surface area (Å²) in [5.74, 6) is -1.42. The van der Waals surface area contributed by atoms with Crippen LogP contribution in [0.3, 0.4) is 0 Å². The second kappa shape index (κ2) is 10.9. The van der Waals surface area contributed by atoms with Crippen molar-refractivity contribution >= 4 is 24.1 Å². The molecule has 0 atom stereocenters. The van der Waals surface area contributed by atoms with Crippen molar-refractivity contribution in [3.63, 3.8) is 0 Å². The smallest absolute Gasteiger partial charge is 0.242 e. The third-order valence-corrected chi connectivity index (χ3v) is 3.65. The zero-order valence-electron chi connectivity index (χ0n) is 15.3. The fourth-order valence-corrected chi connectivity index (χ4v) is 2.20. The molecule has 4 heteroatoms. The number of rotatable bonds is 4. The Hall–Kier alpha value is -3.92. The van der Waals surface area contributed by atoms with Crippen LogP contribution in [-0.2, 0) is 9.78 Å². The van der Waals surface area contributed by atoms with Gasteiger partial charge in [0.1, 0.15) is 0 Å². The van der Waals surface area contributed by atoms with Gasteiger partial charge < -0.3 is 0 Å². The van der Waals surface area contributed by atoms with Crippen LogP contribution in [0, 0.1) is 0 Å². The lowest BCUT2D eigenvalue weighted by molar-refractivity contribution is -0.187. The van der Waals surface area contributed by atoms with Crippen molar-refractivity contribution in [3.05, 3.63) is 120 Å². The zero-order chi connectivity index (χ0) is 20.2. The maximum Gasteiger partial charge on any atom is 0.386 e. The van der Waals surface area contributed by atoms with Crippen LogP contribution in [0.2, 0.25) is 0 Å². The van der Waals surface area contributed by atoms with Crippen LogP contribution in [0.25, 0.3) is 12.2 Å². The van der Waals surface area contributed by atoms with Gasteiger partial charge in [-0.3, -0.25) is 0 Å². The van der Waals surface area contributed by atoms with Crippen molar-refractivity contribution in [3.8, 4) is 0 Å². The minimum Gasteiger partial charge on any atom is -0.242 e. The second-order valence-corrected chi connectivity index (χ2v) is 5.51. The molecule has 0 bridgehead atoms. The molecule has 0 heterocycles. The van der Waals surface area contributed by atoms with Crippen molar-refractivity contribution in [2.75, 3.05) is 0 Å². The normalized spacial score (nSPS) is 9.29. The minimum atomic E-state index is -0.708. The van der Waals surface area contributed by atoms with Crippen LogP contribution in [0.5, 0.6) is 0 Å². The van der Waals surface area contributed by atoms with Crippen molar-refractivity contribution in [1.29, 1.82) is 0 Å². The van der Waals surface area contributed by atoms with E-state index in [0.717, 1.165) is 11.1 Å². The van der Waals surface area contributed by atoms with E-state index in [0.29, 0.717) is 11.1 Å². The van der Waals surface area contributed by atoms with Crippen molar-refractivity contribution in [2.45, 2.75) is 0 Å². The second-order valence-electron chi connectivity index (χ2n) is 5.51. The van der Waals surface area contributed by atoms with Crippen molar-refractivity contribution in [1.82, 2.24) is 0 Å². The van der Waals surface area contributed by atoms with Crippen LogP contribution in [0.4, 0.5) is 0 Å². The Balaban J connectivity index is 0.000000237. The Kier molecular flexibility index (Phi) is 7.96. The lowest BCUT2D eigenvalue weighted by Crippen LogP contribution is -2.11. The first-order chi connectivity index (χ1) is 13.7. The Morgan fingerprint density at radius 3 is 1.21 bits per heavy atom. The Morgan fingerprint density at radius 1 is 0.571 bits per heavy atom. The monoisotopic (exact) mass is 372 g/mol. The van der Waals surface area contributed by atoms with Gasteiger partial charge in [0.25, 0.3) is 0 Å². The molecule has 0 unspecified atom stereocenters. The largest absolute Gasteiger partial charge is 0.386 e. The van der Waals surface area contributed by atoms with E-state index >= 15 is 0 Å². The molecule has 0 saturated heterocycles. The van der Waals surface area contributed by atoms with Crippen LogP contribution < -0.4 is 0 Å². The highest BCUT2D eigenvalue weighted by Crippen LogP contribution is 2.10. The zero-order valence-corrected chi connectivity index (χ0v) is 15.3. The fraction of sp³-hybridized carbons (Fsp3) is 0. The van der Waals surface area contributed by atoms with E-state index in [-0.39, 0.29) is 0 Å². The summed E-state index contributed by atoms with van der Waals surface area (Å²) >= 11 is 0. The molecule has 28 heavy (non-hydrogen) atoms. The molecule has 0 aliphatic rings. The number of hydrogen-bond donors (Lipinski definition) is 0. The molecule has 0 radical (unpaired) electrons. The summed E-state index contributed by atoms with van der Waals surface area (Å²) in [6.07, 6.45) is 3.66. The van der Waals surface area contributed by atoms with Crippen LogP contribution in [0.15, 0.2) is 98.1 Å². The molecule has 0 aliphatic carbocycles. The number of carbonyl (C=O) groups is 2. The predicted octanol–water partition coefficient (Wildman–Crippen LogP) is 5.59. The first kappa shape index (κ1) is 20.4. The highest BCUT2D eigenvalue weighted by molar-refractivity contribution is 5.92. The van der Waals surface area contributed by atoms with Crippen molar-refractivity contribution in [2.24, 2.45) is 0 Å². The van der Waals surface area contributed by atoms with E-state index in [9.17, 15) is 9.59 Å². The lowest BCUT2D eigenvalue weighted by Gasteiger charge is -2.02. The lowest BCUT2D eigenvalue weighted by atomic mass is 10.1. The molecule has 3 rings (SSSR count). The summed E-state index contributed by atoms with van der Waals surface area (Å²) in [6, 6.07) is 24.6. The average molecular weight is 372 g/mol. The fourth-order valence-electron chi connectivity index (χ4n) is 2.20. The van der Waals surface area contributed by atoms with E-state index in [1.54, 1.807) is 60.7 Å². The molecule has 0 amide bonds. The van der Waals surface area contributed by atoms with E-state index < -0.39 is 11.9 Å². The summed E-state index contributed by atoms with van der Waals surface area (Å²) in [5.41, 5.74) is 2.91. The third-order valence-electron chi connectivity index (χ3n) is 3.65. The van der Waals surface area contributed by atoms with Gasteiger partial charge in [0.05, 0.1) is 11.1 Å². The summed E-state index contributed by atoms with van der Waals surface area (Å²) < 4.78 is 0. The maximum atomic E-state index is 11.5. The number of carbonyl (C=O) groups excluding carboxylic acids is 2. The first-order valence-corrected chi connectivity index (χ1v) is 8.53. The summed E-state index contributed by atoms with van der Waals surface area (Å²) in [4.78, 5) is 31.9. The molecule has 140 valence electrons. The minimum absolute atomic E-state index is 0.318. The summed E-state index contributed by atoms with van der Waals surface area (Å²) in [5, 5.41) is 0. The van der Waals surface area contributed by atoms with Gasteiger partial charge >= 0.3 is 11.9 Å². The SMILES string of the molecule is C=Cc1ccccc1C=C.O=C(OOC(=O)c1ccccc1)c1ccccc1. The highest BCUT2D eigenvalue weighted by Gasteiger charge is 2.12. The van der Waals surface area contributed by atoms with Gasteiger partial charge in [0, 0.05) is 0 Å². The van der Waals surface area contributed by atoms with E-state index in [2.05, 4.69) is 22.9 Å². The Labute approximate surface area is 164 Å².